The predicted molar refractivity (Wildman–Crippen MR) is 67.6 cm³/mol. The first-order valence-electron chi connectivity index (χ1n) is 5.95. The molecule has 1 unspecified atom stereocenters. The fraction of sp³-hybridized carbons (Fsp3) is 0.357. The summed E-state index contributed by atoms with van der Waals surface area (Å²) in [5.41, 5.74) is 1.51. The predicted octanol–water partition coefficient (Wildman–Crippen LogP) is 3.11. The molecule has 0 aliphatic carbocycles. The highest BCUT2D eigenvalue weighted by molar-refractivity contribution is 5.55. The van der Waals surface area contributed by atoms with E-state index in [0.29, 0.717) is 23.4 Å². The number of nitrogens with zero attached hydrogens (tertiary/aromatic N) is 1. The second kappa shape index (κ2) is 5.54. The smallest absolute Gasteiger partial charge is 0.129 e. The molecule has 0 fully saturated rings. The average Bonchev–Trinajstić information content (AvgIpc) is 2.41. The third-order valence-corrected chi connectivity index (χ3v) is 3.02. The van der Waals surface area contributed by atoms with E-state index in [1.165, 1.54) is 6.07 Å². The summed E-state index contributed by atoms with van der Waals surface area (Å²) in [7, 11) is 0. The van der Waals surface area contributed by atoms with Gasteiger partial charge in [-0.1, -0.05) is 0 Å². The highest BCUT2D eigenvalue weighted by Crippen LogP contribution is 2.21. The number of ether oxygens (including phenoxy) is 1. The Kier molecular flexibility index (Phi) is 3.83. The van der Waals surface area contributed by atoms with Gasteiger partial charge in [0.2, 0.25) is 0 Å². The van der Waals surface area contributed by atoms with Crippen LogP contribution in [0.2, 0.25) is 0 Å². The molecule has 2 rings (SSSR count). The Hall–Kier alpha value is -2.02. The quantitative estimate of drug-likeness (QED) is 0.891. The van der Waals surface area contributed by atoms with E-state index in [1.807, 2.05) is 12.1 Å². The lowest BCUT2D eigenvalue weighted by atomic mass is 10.1. The second-order valence-corrected chi connectivity index (χ2v) is 4.33. The monoisotopic (exact) mass is 246 g/mol. The lowest BCUT2D eigenvalue weighted by Crippen LogP contribution is -2.23. The van der Waals surface area contributed by atoms with Crippen molar-refractivity contribution in [3.05, 3.63) is 41.4 Å². The number of halogens is 1. The molecule has 1 N–H and O–H groups in total. The Balaban J connectivity index is 2.06. The van der Waals surface area contributed by atoms with Crippen molar-refractivity contribution in [2.75, 3.05) is 11.9 Å². The van der Waals surface area contributed by atoms with Gasteiger partial charge in [-0.2, -0.15) is 5.26 Å². The van der Waals surface area contributed by atoms with E-state index >= 15 is 0 Å². The van der Waals surface area contributed by atoms with E-state index in [-0.39, 0.29) is 11.9 Å². The van der Waals surface area contributed by atoms with Crippen LogP contribution in [-0.2, 0) is 4.74 Å². The Bertz CT molecular complexity index is 505. The fourth-order valence-corrected chi connectivity index (χ4v) is 1.89. The number of hydrogen-bond donors (Lipinski definition) is 1. The summed E-state index contributed by atoms with van der Waals surface area (Å²) in [5, 5.41) is 12.0. The van der Waals surface area contributed by atoms with Crippen molar-refractivity contribution < 1.29 is 9.13 Å². The van der Waals surface area contributed by atoms with Crippen molar-refractivity contribution in [2.24, 2.45) is 0 Å². The summed E-state index contributed by atoms with van der Waals surface area (Å²) < 4.78 is 19.0. The van der Waals surface area contributed by atoms with E-state index in [0.717, 1.165) is 12.8 Å². The van der Waals surface area contributed by atoms with E-state index < -0.39 is 0 Å². The van der Waals surface area contributed by atoms with Crippen LogP contribution in [0.3, 0.4) is 0 Å². The number of nitriles is 1. The average molecular weight is 246 g/mol. The molecule has 0 aromatic heterocycles. The molecule has 1 aromatic carbocycles. The van der Waals surface area contributed by atoms with Crippen molar-refractivity contribution in [1.29, 1.82) is 5.26 Å². The third-order valence-electron chi connectivity index (χ3n) is 3.02. The summed E-state index contributed by atoms with van der Waals surface area (Å²) in [6, 6.07) is 4.87. The van der Waals surface area contributed by atoms with Gasteiger partial charge in [-0.15, -0.1) is 0 Å². The van der Waals surface area contributed by atoms with Gasteiger partial charge in [0.1, 0.15) is 11.9 Å². The molecule has 3 nitrogen and oxygen atoms in total. The van der Waals surface area contributed by atoms with Crippen LogP contribution in [-0.4, -0.2) is 12.6 Å². The Morgan fingerprint density at radius 2 is 2.39 bits per heavy atom. The minimum Gasteiger partial charge on any atom is -0.497 e. The minimum atomic E-state index is -0.360. The van der Waals surface area contributed by atoms with Crippen LogP contribution >= 0.6 is 0 Å². The minimum absolute atomic E-state index is 0.100. The van der Waals surface area contributed by atoms with Gasteiger partial charge in [-0.05, 0) is 38.0 Å². The molecule has 1 aliphatic rings. The Morgan fingerprint density at radius 3 is 3.06 bits per heavy atom. The lowest BCUT2D eigenvalue weighted by molar-refractivity contribution is 0.135. The molecule has 94 valence electrons. The number of benzene rings is 1. The van der Waals surface area contributed by atoms with Gasteiger partial charge >= 0.3 is 0 Å². The molecular formula is C14H15FN2O. The highest BCUT2D eigenvalue weighted by Gasteiger charge is 2.12. The van der Waals surface area contributed by atoms with Gasteiger partial charge in [-0.3, -0.25) is 0 Å². The molecule has 1 aromatic rings. The Morgan fingerprint density at radius 1 is 1.56 bits per heavy atom. The molecule has 1 atom stereocenters. The van der Waals surface area contributed by atoms with Crippen molar-refractivity contribution in [3.63, 3.8) is 0 Å². The maximum absolute atomic E-state index is 13.6. The summed E-state index contributed by atoms with van der Waals surface area (Å²) >= 11 is 0. The van der Waals surface area contributed by atoms with Crippen molar-refractivity contribution in [1.82, 2.24) is 0 Å². The fourth-order valence-electron chi connectivity index (χ4n) is 1.89. The van der Waals surface area contributed by atoms with Crippen LogP contribution in [0, 0.1) is 24.1 Å². The molecule has 0 bridgehead atoms. The lowest BCUT2D eigenvalue weighted by Gasteiger charge is -2.21. The Labute approximate surface area is 106 Å². The molecule has 18 heavy (non-hydrogen) atoms. The maximum Gasteiger partial charge on any atom is 0.129 e. The first-order valence-corrected chi connectivity index (χ1v) is 5.95. The number of allylic oxidation sites excluding steroid dienone is 1. The topological polar surface area (TPSA) is 45.0 Å². The van der Waals surface area contributed by atoms with E-state index in [2.05, 4.69) is 5.32 Å². The van der Waals surface area contributed by atoms with Crippen LogP contribution in [0.15, 0.2) is 24.5 Å². The molecular weight excluding hydrogens is 231 g/mol. The normalized spacial score (nSPS) is 17.9. The third kappa shape index (κ3) is 2.80. The zero-order valence-electron chi connectivity index (χ0n) is 10.2. The SMILES string of the molecule is Cc1c(F)cc(C#N)cc1NCC1CCC=CO1. The molecule has 1 heterocycles. The van der Waals surface area contributed by atoms with Crippen LogP contribution in [0.1, 0.15) is 24.0 Å². The maximum atomic E-state index is 13.6. The zero-order valence-corrected chi connectivity index (χ0v) is 10.2. The summed E-state index contributed by atoms with van der Waals surface area (Å²) in [6.45, 7) is 2.31. The van der Waals surface area contributed by atoms with Crippen LogP contribution in [0.25, 0.3) is 0 Å². The summed E-state index contributed by atoms with van der Waals surface area (Å²) in [4.78, 5) is 0. The number of rotatable bonds is 3. The molecule has 0 saturated heterocycles. The zero-order chi connectivity index (χ0) is 13.0. The number of nitrogens with one attached hydrogen (secondary N) is 1. The van der Waals surface area contributed by atoms with Crippen LogP contribution in [0.4, 0.5) is 10.1 Å². The standard InChI is InChI=1S/C14H15FN2O/c1-10-13(15)6-11(8-16)7-14(10)17-9-12-4-2-3-5-18-12/h3,5-7,12,17H,2,4,9H2,1H3. The van der Waals surface area contributed by atoms with Crippen molar-refractivity contribution in [2.45, 2.75) is 25.9 Å². The van der Waals surface area contributed by atoms with Gasteiger partial charge in [-0.25, -0.2) is 4.39 Å². The van der Waals surface area contributed by atoms with Crippen LogP contribution < -0.4 is 5.32 Å². The molecule has 4 heteroatoms. The molecule has 0 radical (unpaired) electrons. The summed E-state index contributed by atoms with van der Waals surface area (Å²) in [5.74, 6) is -0.360. The van der Waals surface area contributed by atoms with E-state index in [1.54, 1.807) is 19.3 Å². The molecule has 0 saturated carbocycles. The van der Waals surface area contributed by atoms with Gasteiger partial charge in [0, 0.05) is 11.3 Å². The van der Waals surface area contributed by atoms with Gasteiger partial charge in [0.15, 0.2) is 0 Å². The molecule has 0 amide bonds. The van der Waals surface area contributed by atoms with Gasteiger partial charge < -0.3 is 10.1 Å². The molecule has 1 aliphatic heterocycles. The van der Waals surface area contributed by atoms with E-state index in [4.69, 9.17) is 10.00 Å². The van der Waals surface area contributed by atoms with Crippen molar-refractivity contribution in [3.8, 4) is 6.07 Å². The molecule has 0 spiro atoms. The van der Waals surface area contributed by atoms with Gasteiger partial charge in [0.25, 0.3) is 0 Å². The van der Waals surface area contributed by atoms with E-state index in [9.17, 15) is 4.39 Å². The number of hydrogen-bond acceptors (Lipinski definition) is 3. The second-order valence-electron chi connectivity index (χ2n) is 4.33. The number of anilines is 1. The largest absolute Gasteiger partial charge is 0.497 e. The van der Waals surface area contributed by atoms with Gasteiger partial charge in [0.05, 0.1) is 24.4 Å². The summed E-state index contributed by atoms with van der Waals surface area (Å²) in [6.07, 6.45) is 5.73. The van der Waals surface area contributed by atoms with Crippen LogP contribution in [0.5, 0.6) is 0 Å². The van der Waals surface area contributed by atoms with Crippen molar-refractivity contribution >= 4 is 5.69 Å². The first kappa shape index (κ1) is 12.4. The highest BCUT2D eigenvalue weighted by atomic mass is 19.1. The first-order chi connectivity index (χ1) is 8.70.